The Kier molecular flexibility index (Phi) is 5.47. The second-order valence-corrected chi connectivity index (χ2v) is 6.07. The Labute approximate surface area is 117 Å². The van der Waals surface area contributed by atoms with Crippen molar-refractivity contribution in [2.24, 2.45) is 5.92 Å². The minimum atomic E-state index is -0.475. The topological polar surface area (TPSA) is 29.5 Å². The lowest BCUT2D eigenvalue weighted by Gasteiger charge is -2.33. The molecule has 0 spiro atoms. The largest absolute Gasteiger partial charge is 0.444 e. The van der Waals surface area contributed by atoms with E-state index >= 15 is 0 Å². The van der Waals surface area contributed by atoms with Gasteiger partial charge in [0, 0.05) is 19.0 Å². The van der Waals surface area contributed by atoms with Crippen molar-refractivity contribution in [1.29, 1.82) is 0 Å². The van der Waals surface area contributed by atoms with Gasteiger partial charge in [0.05, 0.1) is 0 Å². The first-order valence-electron chi connectivity index (χ1n) is 6.93. The van der Waals surface area contributed by atoms with Crippen molar-refractivity contribution < 1.29 is 9.53 Å². The van der Waals surface area contributed by atoms with E-state index in [9.17, 15) is 4.79 Å². The molecule has 1 unspecified atom stereocenters. The van der Waals surface area contributed by atoms with Crippen molar-refractivity contribution in [3.63, 3.8) is 0 Å². The Hall–Kier alpha value is -1.43. The predicted octanol–water partition coefficient (Wildman–Crippen LogP) is 3.60. The van der Waals surface area contributed by atoms with Gasteiger partial charge in [-0.15, -0.1) is 18.9 Å². The first-order valence-corrected chi connectivity index (χ1v) is 6.93. The van der Waals surface area contributed by atoms with Crippen molar-refractivity contribution >= 4 is 6.09 Å². The Balaban J connectivity index is 2.74. The highest BCUT2D eigenvalue weighted by Crippen LogP contribution is 2.37. The smallest absolute Gasteiger partial charge is 0.410 e. The maximum atomic E-state index is 12.3. The first-order chi connectivity index (χ1) is 8.89. The number of carbonyl (C=O) groups is 1. The van der Waals surface area contributed by atoms with Gasteiger partial charge in [-0.05, 0) is 46.0 Å². The fourth-order valence-electron chi connectivity index (χ4n) is 2.16. The van der Waals surface area contributed by atoms with Crippen LogP contribution >= 0.6 is 0 Å². The third-order valence-corrected chi connectivity index (χ3v) is 3.10. The molecule has 0 aromatic carbocycles. The molecule has 1 aliphatic rings. The summed E-state index contributed by atoms with van der Waals surface area (Å²) in [6.45, 7) is 9.89. The number of carbonyl (C=O) groups excluding carboxylic acids is 1. The zero-order valence-electron chi connectivity index (χ0n) is 12.3. The molecule has 0 aromatic heterocycles. The van der Waals surface area contributed by atoms with Gasteiger partial charge in [0.25, 0.3) is 0 Å². The summed E-state index contributed by atoms with van der Waals surface area (Å²) in [6.07, 6.45) is 10.7. The number of ether oxygens (including phenoxy) is 1. The molecule has 0 aliphatic heterocycles. The number of terminal acetylenes is 1. The average molecular weight is 263 g/mol. The average Bonchev–Trinajstić information content (AvgIpc) is 3.10. The zero-order chi connectivity index (χ0) is 14.5. The summed E-state index contributed by atoms with van der Waals surface area (Å²) in [5.41, 5.74) is -0.475. The fourth-order valence-corrected chi connectivity index (χ4v) is 2.16. The van der Waals surface area contributed by atoms with Crippen LogP contribution in [-0.2, 0) is 4.74 Å². The Morgan fingerprint density at radius 2 is 2.21 bits per heavy atom. The SMILES string of the molecule is C#CCCC(C1CC1)N(CC=C)C(=O)OC(C)(C)C. The van der Waals surface area contributed by atoms with Crippen LogP contribution in [0.1, 0.15) is 46.5 Å². The van der Waals surface area contributed by atoms with Gasteiger partial charge in [0.15, 0.2) is 0 Å². The van der Waals surface area contributed by atoms with E-state index in [0.717, 1.165) is 6.42 Å². The summed E-state index contributed by atoms with van der Waals surface area (Å²) >= 11 is 0. The van der Waals surface area contributed by atoms with E-state index in [1.165, 1.54) is 12.8 Å². The van der Waals surface area contributed by atoms with Crippen molar-refractivity contribution in [2.45, 2.75) is 58.1 Å². The molecule has 106 valence electrons. The van der Waals surface area contributed by atoms with Gasteiger partial charge in [-0.3, -0.25) is 0 Å². The maximum Gasteiger partial charge on any atom is 0.410 e. The highest BCUT2D eigenvalue weighted by atomic mass is 16.6. The van der Waals surface area contributed by atoms with Crippen LogP contribution in [0.25, 0.3) is 0 Å². The molecule has 19 heavy (non-hydrogen) atoms. The van der Waals surface area contributed by atoms with E-state index in [1.54, 1.807) is 11.0 Å². The molecule has 1 rings (SSSR count). The number of hydrogen-bond acceptors (Lipinski definition) is 2. The van der Waals surface area contributed by atoms with Crippen LogP contribution in [0.2, 0.25) is 0 Å². The number of rotatable bonds is 6. The van der Waals surface area contributed by atoms with Gasteiger partial charge in [0.1, 0.15) is 5.60 Å². The quantitative estimate of drug-likeness (QED) is 0.541. The Bertz CT molecular complexity index is 358. The monoisotopic (exact) mass is 263 g/mol. The van der Waals surface area contributed by atoms with E-state index in [2.05, 4.69) is 12.5 Å². The second kappa shape index (κ2) is 6.65. The van der Waals surface area contributed by atoms with Gasteiger partial charge in [0.2, 0.25) is 0 Å². The van der Waals surface area contributed by atoms with E-state index in [1.807, 2.05) is 20.8 Å². The van der Waals surface area contributed by atoms with Gasteiger partial charge in [-0.2, -0.15) is 0 Å². The van der Waals surface area contributed by atoms with Crippen LogP contribution in [0.15, 0.2) is 12.7 Å². The molecule has 0 bridgehead atoms. The molecule has 0 aromatic rings. The molecule has 1 saturated carbocycles. The summed E-state index contributed by atoms with van der Waals surface area (Å²) in [7, 11) is 0. The molecule has 0 heterocycles. The fraction of sp³-hybridized carbons (Fsp3) is 0.688. The normalized spacial score (nSPS) is 16.3. The van der Waals surface area contributed by atoms with Crippen molar-refractivity contribution in [3.05, 3.63) is 12.7 Å². The summed E-state index contributed by atoms with van der Waals surface area (Å²) < 4.78 is 5.48. The van der Waals surface area contributed by atoms with Gasteiger partial charge in [-0.25, -0.2) is 4.79 Å². The predicted molar refractivity (Wildman–Crippen MR) is 77.7 cm³/mol. The van der Waals surface area contributed by atoms with E-state index in [-0.39, 0.29) is 12.1 Å². The number of hydrogen-bond donors (Lipinski definition) is 0. The summed E-state index contributed by atoms with van der Waals surface area (Å²) in [4.78, 5) is 14.1. The van der Waals surface area contributed by atoms with E-state index < -0.39 is 5.60 Å². The molecule has 1 fully saturated rings. The summed E-state index contributed by atoms with van der Waals surface area (Å²) in [5.74, 6) is 3.23. The molecular weight excluding hydrogens is 238 g/mol. The van der Waals surface area contributed by atoms with Crippen LogP contribution in [-0.4, -0.2) is 29.2 Å². The summed E-state index contributed by atoms with van der Waals surface area (Å²) in [6, 6.07) is 0.184. The minimum absolute atomic E-state index is 0.184. The minimum Gasteiger partial charge on any atom is -0.444 e. The van der Waals surface area contributed by atoms with Crippen LogP contribution < -0.4 is 0 Å². The van der Waals surface area contributed by atoms with Gasteiger partial charge >= 0.3 is 6.09 Å². The summed E-state index contributed by atoms with van der Waals surface area (Å²) in [5, 5.41) is 0. The molecule has 0 saturated heterocycles. The molecule has 1 aliphatic carbocycles. The van der Waals surface area contributed by atoms with Gasteiger partial charge < -0.3 is 9.64 Å². The molecule has 1 amide bonds. The standard InChI is InChI=1S/C16H25NO2/c1-6-8-9-14(13-10-11-13)17(12-7-2)15(18)19-16(3,4)5/h1,7,13-14H,2,8-12H2,3-5H3. The highest BCUT2D eigenvalue weighted by Gasteiger charge is 2.37. The van der Waals surface area contributed by atoms with Gasteiger partial charge in [-0.1, -0.05) is 6.08 Å². The lowest BCUT2D eigenvalue weighted by atomic mass is 10.1. The lowest BCUT2D eigenvalue weighted by molar-refractivity contribution is 0.0158. The highest BCUT2D eigenvalue weighted by molar-refractivity contribution is 5.69. The second-order valence-electron chi connectivity index (χ2n) is 6.07. The maximum absolute atomic E-state index is 12.3. The van der Waals surface area contributed by atoms with Crippen molar-refractivity contribution in [3.8, 4) is 12.3 Å². The van der Waals surface area contributed by atoms with Crippen LogP contribution in [0.3, 0.4) is 0 Å². The third-order valence-electron chi connectivity index (χ3n) is 3.10. The number of amides is 1. The molecule has 0 N–H and O–H groups in total. The lowest BCUT2D eigenvalue weighted by Crippen LogP contribution is -2.44. The van der Waals surface area contributed by atoms with E-state index in [0.29, 0.717) is 18.9 Å². The molecule has 1 atom stereocenters. The Morgan fingerprint density at radius 3 is 2.63 bits per heavy atom. The van der Waals surface area contributed by atoms with Crippen LogP contribution in [0, 0.1) is 18.3 Å². The van der Waals surface area contributed by atoms with E-state index in [4.69, 9.17) is 11.2 Å². The molecule has 3 heteroatoms. The Morgan fingerprint density at radius 1 is 1.58 bits per heavy atom. The first kappa shape index (κ1) is 15.6. The molecule has 0 radical (unpaired) electrons. The third kappa shape index (κ3) is 5.38. The molecular formula is C16H25NO2. The number of nitrogens with zero attached hydrogens (tertiary/aromatic N) is 1. The van der Waals surface area contributed by atoms with Crippen molar-refractivity contribution in [1.82, 2.24) is 4.90 Å². The zero-order valence-corrected chi connectivity index (χ0v) is 12.3. The van der Waals surface area contributed by atoms with Crippen LogP contribution in [0.4, 0.5) is 4.79 Å². The van der Waals surface area contributed by atoms with Crippen molar-refractivity contribution in [2.75, 3.05) is 6.54 Å². The molecule has 3 nitrogen and oxygen atoms in total. The van der Waals surface area contributed by atoms with Crippen LogP contribution in [0.5, 0.6) is 0 Å².